The van der Waals surface area contributed by atoms with Crippen LogP contribution >= 0.6 is 0 Å². The van der Waals surface area contributed by atoms with Gasteiger partial charge in [-0.25, -0.2) is 12.8 Å². The Labute approximate surface area is 184 Å². The minimum absolute atomic E-state index is 0.144. The summed E-state index contributed by atoms with van der Waals surface area (Å²) in [5, 5.41) is 2.76. The minimum Gasteiger partial charge on any atom is -0.350 e. The number of carbonyl (C=O) groups is 1. The number of piperidine rings is 1. The minimum atomic E-state index is -3.86. The molecule has 1 atom stereocenters. The molecule has 0 saturated carbocycles. The number of hydrogen-bond donors (Lipinski definition) is 1. The molecular weight excluding hydrogens is 417 g/mol. The highest BCUT2D eigenvalue weighted by atomic mass is 32.2. The zero-order valence-corrected chi connectivity index (χ0v) is 18.9. The van der Waals surface area contributed by atoms with Crippen LogP contribution in [0.5, 0.6) is 0 Å². The zero-order chi connectivity index (χ0) is 22.4. The summed E-state index contributed by atoms with van der Waals surface area (Å²) in [7, 11) is -3.86. The van der Waals surface area contributed by atoms with Gasteiger partial charge in [-0.1, -0.05) is 42.8 Å². The molecule has 1 N–H and O–H groups in total. The quantitative estimate of drug-likeness (QED) is 0.674. The van der Waals surface area contributed by atoms with Gasteiger partial charge in [0.05, 0.1) is 11.9 Å². The van der Waals surface area contributed by atoms with Gasteiger partial charge < -0.3 is 5.32 Å². The molecule has 0 bridgehead atoms. The van der Waals surface area contributed by atoms with Crippen LogP contribution in [0.3, 0.4) is 0 Å². The Balaban J connectivity index is 1.61. The first-order chi connectivity index (χ1) is 14.8. The van der Waals surface area contributed by atoms with E-state index in [0.717, 1.165) is 35.8 Å². The molecule has 2 aromatic rings. The van der Waals surface area contributed by atoms with Crippen molar-refractivity contribution in [1.82, 2.24) is 10.2 Å². The van der Waals surface area contributed by atoms with Crippen LogP contribution in [0.4, 0.5) is 10.1 Å². The van der Waals surface area contributed by atoms with E-state index in [1.807, 2.05) is 12.1 Å². The molecule has 1 aliphatic heterocycles. The fraction of sp³-hybridized carbons (Fsp3) is 0.435. The van der Waals surface area contributed by atoms with Crippen molar-refractivity contribution < 1.29 is 17.6 Å². The summed E-state index contributed by atoms with van der Waals surface area (Å²) in [5.74, 6) is -1.19. The number of benzene rings is 2. The smallest absolute Gasteiger partial charge is 0.243 e. The number of anilines is 1. The Morgan fingerprint density at radius 2 is 1.68 bits per heavy atom. The number of halogens is 1. The number of hydrogen-bond acceptors (Lipinski definition) is 4. The number of likely N-dealkylation sites (tertiary alicyclic amines) is 1. The van der Waals surface area contributed by atoms with Gasteiger partial charge in [-0.3, -0.25) is 14.0 Å². The molecule has 1 amide bonds. The van der Waals surface area contributed by atoms with Crippen LogP contribution in [0.15, 0.2) is 48.5 Å². The molecule has 1 saturated heterocycles. The number of sulfonamides is 1. The third-order valence-electron chi connectivity index (χ3n) is 5.52. The van der Waals surface area contributed by atoms with E-state index in [1.54, 1.807) is 0 Å². The summed E-state index contributed by atoms with van der Waals surface area (Å²) in [4.78, 5) is 15.1. The van der Waals surface area contributed by atoms with Crippen molar-refractivity contribution in [2.24, 2.45) is 0 Å². The Morgan fingerprint density at radius 3 is 2.29 bits per heavy atom. The maximum atomic E-state index is 14.2. The van der Waals surface area contributed by atoms with E-state index in [1.165, 1.54) is 56.0 Å². The van der Waals surface area contributed by atoms with Gasteiger partial charge in [0.15, 0.2) is 0 Å². The number of carbonyl (C=O) groups excluding carboxylic acids is 1. The third kappa shape index (κ3) is 6.27. The first kappa shape index (κ1) is 23.2. The maximum absolute atomic E-state index is 14.2. The highest BCUT2D eigenvalue weighted by molar-refractivity contribution is 7.92. The molecule has 0 spiro atoms. The number of rotatable bonds is 8. The molecule has 0 radical (unpaired) electrons. The molecule has 1 aliphatic rings. The van der Waals surface area contributed by atoms with Gasteiger partial charge in [-0.15, -0.1) is 0 Å². The first-order valence-electron chi connectivity index (χ1n) is 10.6. The van der Waals surface area contributed by atoms with Gasteiger partial charge in [-0.2, -0.15) is 0 Å². The molecule has 0 unspecified atom stereocenters. The van der Waals surface area contributed by atoms with Gasteiger partial charge >= 0.3 is 0 Å². The average Bonchev–Trinajstić information content (AvgIpc) is 2.74. The van der Waals surface area contributed by atoms with Crippen LogP contribution in [-0.4, -0.2) is 44.6 Å². The summed E-state index contributed by atoms with van der Waals surface area (Å²) in [6.45, 7) is 4.91. The van der Waals surface area contributed by atoms with Crippen molar-refractivity contribution in [3.05, 3.63) is 65.5 Å². The van der Waals surface area contributed by atoms with Crippen molar-refractivity contribution in [1.29, 1.82) is 0 Å². The lowest BCUT2D eigenvalue weighted by Gasteiger charge is -2.28. The molecule has 168 valence electrons. The van der Waals surface area contributed by atoms with E-state index < -0.39 is 27.8 Å². The molecule has 6 nitrogen and oxygen atoms in total. The topological polar surface area (TPSA) is 69.7 Å². The standard InChI is InChI=1S/C23H30FN3O3S/c1-18(27(31(2,29)30)22-9-5-4-8-21(22)24)23(28)25-16-19-10-12-20(13-11-19)17-26-14-6-3-7-15-26/h4-5,8-13,18H,3,6-7,14-17H2,1-2H3,(H,25,28)/t18-/m1/s1. The summed E-state index contributed by atoms with van der Waals surface area (Å²) < 4.78 is 39.6. The van der Waals surface area contributed by atoms with E-state index in [9.17, 15) is 17.6 Å². The Morgan fingerprint density at radius 1 is 1.06 bits per heavy atom. The highest BCUT2D eigenvalue weighted by Gasteiger charge is 2.30. The van der Waals surface area contributed by atoms with Crippen molar-refractivity contribution in [2.75, 3.05) is 23.7 Å². The van der Waals surface area contributed by atoms with E-state index >= 15 is 0 Å². The lowest BCUT2D eigenvalue weighted by atomic mass is 10.1. The van der Waals surface area contributed by atoms with Crippen LogP contribution in [0.1, 0.15) is 37.3 Å². The summed E-state index contributed by atoms with van der Waals surface area (Å²) in [6, 6.07) is 12.5. The maximum Gasteiger partial charge on any atom is 0.243 e. The van der Waals surface area contributed by atoms with E-state index in [-0.39, 0.29) is 12.2 Å². The molecule has 31 heavy (non-hydrogen) atoms. The highest BCUT2D eigenvalue weighted by Crippen LogP contribution is 2.24. The second kappa shape index (κ2) is 10.2. The first-order valence-corrected chi connectivity index (χ1v) is 12.4. The Bertz CT molecular complexity index is 989. The van der Waals surface area contributed by atoms with Crippen LogP contribution < -0.4 is 9.62 Å². The predicted octanol–water partition coefficient (Wildman–Crippen LogP) is 3.28. The largest absolute Gasteiger partial charge is 0.350 e. The summed E-state index contributed by atoms with van der Waals surface area (Å²) in [6.07, 6.45) is 4.77. The van der Waals surface area contributed by atoms with Crippen LogP contribution in [-0.2, 0) is 27.9 Å². The molecule has 1 heterocycles. The fourth-order valence-electron chi connectivity index (χ4n) is 3.89. The monoisotopic (exact) mass is 447 g/mol. The van der Waals surface area contributed by atoms with E-state index in [4.69, 9.17) is 0 Å². The normalized spacial score (nSPS) is 16.0. The van der Waals surface area contributed by atoms with E-state index in [2.05, 4.69) is 22.3 Å². The molecule has 1 fully saturated rings. The van der Waals surface area contributed by atoms with E-state index in [0.29, 0.717) is 0 Å². The SMILES string of the molecule is C[C@H](C(=O)NCc1ccc(CN2CCCCC2)cc1)N(c1ccccc1F)S(C)(=O)=O. The van der Waals surface area contributed by atoms with Crippen molar-refractivity contribution in [2.45, 2.75) is 45.3 Å². The van der Waals surface area contributed by atoms with Crippen molar-refractivity contribution >= 4 is 21.6 Å². The van der Waals surface area contributed by atoms with Crippen LogP contribution in [0.2, 0.25) is 0 Å². The Kier molecular flexibility index (Phi) is 7.67. The molecule has 0 aromatic heterocycles. The second-order valence-corrected chi connectivity index (χ2v) is 9.92. The van der Waals surface area contributed by atoms with Crippen molar-refractivity contribution in [3.8, 4) is 0 Å². The lowest BCUT2D eigenvalue weighted by Crippen LogP contribution is -2.48. The van der Waals surface area contributed by atoms with Crippen LogP contribution in [0, 0.1) is 5.82 Å². The summed E-state index contributed by atoms with van der Waals surface area (Å²) >= 11 is 0. The number of nitrogens with one attached hydrogen (secondary N) is 1. The van der Waals surface area contributed by atoms with Gasteiger partial charge in [0.1, 0.15) is 11.9 Å². The Hall–Kier alpha value is -2.45. The van der Waals surface area contributed by atoms with Crippen LogP contribution in [0.25, 0.3) is 0 Å². The van der Waals surface area contributed by atoms with Crippen molar-refractivity contribution in [3.63, 3.8) is 0 Å². The molecule has 2 aromatic carbocycles. The summed E-state index contributed by atoms with van der Waals surface area (Å²) in [5.41, 5.74) is 2.00. The second-order valence-electron chi connectivity index (χ2n) is 8.06. The average molecular weight is 448 g/mol. The zero-order valence-electron chi connectivity index (χ0n) is 18.1. The molecular formula is C23H30FN3O3S. The van der Waals surface area contributed by atoms with Gasteiger partial charge in [0, 0.05) is 13.1 Å². The van der Waals surface area contributed by atoms with Gasteiger partial charge in [-0.05, 0) is 56.1 Å². The number of amides is 1. The predicted molar refractivity (Wildman–Crippen MR) is 121 cm³/mol. The number of para-hydroxylation sites is 1. The molecule has 8 heteroatoms. The molecule has 0 aliphatic carbocycles. The molecule has 3 rings (SSSR count). The van der Waals surface area contributed by atoms with Gasteiger partial charge in [0.2, 0.25) is 15.9 Å². The fourth-order valence-corrected chi connectivity index (χ4v) is 5.06. The number of nitrogens with zero attached hydrogens (tertiary/aromatic N) is 2. The van der Waals surface area contributed by atoms with Gasteiger partial charge in [0.25, 0.3) is 0 Å². The third-order valence-corrected chi connectivity index (χ3v) is 6.75. The lowest BCUT2D eigenvalue weighted by molar-refractivity contribution is -0.122.